The first-order valence-electron chi connectivity index (χ1n) is 10.9. The third kappa shape index (κ3) is 8.19. The largest absolute Gasteiger partial charge is 0.497 e. The molecule has 0 aromatic heterocycles. The van der Waals surface area contributed by atoms with Crippen LogP contribution in [0, 0.1) is 11.7 Å². The number of methoxy groups -OCH3 is 1. The number of benzene rings is 2. The van der Waals surface area contributed by atoms with E-state index in [2.05, 4.69) is 5.32 Å². The predicted molar refractivity (Wildman–Crippen MR) is 128 cm³/mol. The van der Waals surface area contributed by atoms with Gasteiger partial charge in [-0.3, -0.25) is 9.59 Å². The van der Waals surface area contributed by atoms with E-state index in [1.807, 2.05) is 45.0 Å². The number of rotatable bonds is 12. The molecule has 174 valence electrons. The highest BCUT2D eigenvalue weighted by atomic mass is 32.2. The van der Waals surface area contributed by atoms with Gasteiger partial charge in [-0.05, 0) is 47.7 Å². The molecule has 0 radical (unpaired) electrons. The Morgan fingerprint density at radius 1 is 1.06 bits per heavy atom. The minimum atomic E-state index is -0.547. The van der Waals surface area contributed by atoms with Crippen molar-refractivity contribution in [2.24, 2.45) is 5.92 Å². The van der Waals surface area contributed by atoms with Crippen LogP contribution in [0.3, 0.4) is 0 Å². The zero-order chi connectivity index (χ0) is 23.5. The van der Waals surface area contributed by atoms with E-state index in [1.54, 1.807) is 24.1 Å². The monoisotopic (exact) mass is 460 g/mol. The van der Waals surface area contributed by atoms with Gasteiger partial charge in [0.1, 0.15) is 17.6 Å². The van der Waals surface area contributed by atoms with Crippen molar-refractivity contribution in [3.05, 3.63) is 65.5 Å². The van der Waals surface area contributed by atoms with Crippen LogP contribution in [0.15, 0.2) is 48.5 Å². The summed E-state index contributed by atoms with van der Waals surface area (Å²) in [7, 11) is 1.61. The number of hydrogen-bond donors (Lipinski definition) is 1. The van der Waals surface area contributed by atoms with Crippen LogP contribution in [0.2, 0.25) is 0 Å². The van der Waals surface area contributed by atoms with E-state index in [1.165, 1.54) is 23.9 Å². The van der Waals surface area contributed by atoms with Crippen molar-refractivity contribution in [3.63, 3.8) is 0 Å². The highest BCUT2D eigenvalue weighted by Gasteiger charge is 2.28. The van der Waals surface area contributed by atoms with Gasteiger partial charge in [-0.25, -0.2) is 4.39 Å². The van der Waals surface area contributed by atoms with Gasteiger partial charge in [-0.15, -0.1) is 11.8 Å². The molecule has 32 heavy (non-hydrogen) atoms. The smallest absolute Gasteiger partial charge is 0.242 e. The topological polar surface area (TPSA) is 58.6 Å². The molecule has 0 aliphatic heterocycles. The molecule has 1 atom stereocenters. The van der Waals surface area contributed by atoms with Crippen LogP contribution in [0.1, 0.15) is 38.3 Å². The van der Waals surface area contributed by atoms with E-state index < -0.39 is 6.04 Å². The van der Waals surface area contributed by atoms with E-state index in [-0.39, 0.29) is 23.4 Å². The lowest BCUT2D eigenvalue weighted by atomic mass is 10.1. The summed E-state index contributed by atoms with van der Waals surface area (Å²) in [5.74, 6) is 1.39. The second-order valence-corrected chi connectivity index (χ2v) is 9.04. The first kappa shape index (κ1) is 25.7. The molecular formula is C25H33FN2O3S. The summed E-state index contributed by atoms with van der Waals surface area (Å²) in [6.45, 7) is 6.90. The van der Waals surface area contributed by atoms with Crippen LogP contribution >= 0.6 is 11.8 Å². The molecule has 2 amide bonds. The molecule has 0 aliphatic rings. The lowest BCUT2D eigenvalue weighted by molar-refractivity contribution is -0.139. The molecular weight excluding hydrogens is 427 g/mol. The van der Waals surface area contributed by atoms with Gasteiger partial charge >= 0.3 is 0 Å². The quantitative estimate of drug-likeness (QED) is 0.501. The summed E-state index contributed by atoms with van der Waals surface area (Å²) in [5.41, 5.74) is 1.88. The highest BCUT2D eigenvalue weighted by molar-refractivity contribution is 7.99. The molecule has 0 saturated carbocycles. The SMILES string of the molecule is CC[C@@H](C(=O)NCC(C)C)N(Cc1ccc(OC)cc1)C(=O)CSCc1ccc(F)cc1. The van der Waals surface area contributed by atoms with Gasteiger partial charge in [0.15, 0.2) is 0 Å². The lowest BCUT2D eigenvalue weighted by Crippen LogP contribution is -2.50. The van der Waals surface area contributed by atoms with E-state index in [0.29, 0.717) is 31.2 Å². The Balaban J connectivity index is 2.11. The summed E-state index contributed by atoms with van der Waals surface area (Å²) in [4.78, 5) is 27.7. The van der Waals surface area contributed by atoms with Gasteiger partial charge in [0.25, 0.3) is 0 Å². The first-order valence-corrected chi connectivity index (χ1v) is 12.0. The molecule has 0 bridgehead atoms. The number of nitrogens with one attached hydrogen (secondary N) is 1. The molecule has 2 aromatic carbocycles. The number of carbonyl (C=O) groups excluding carboxylic acids is 2. The number of nitrogens with zero attached hydrogens (tertiary/aromatic N) is 1. The standard InChI is InChI=1S/C25H33FN2O3S/c1-5-23(25(30)27-14-18(2)3)28(15-19-8-12-22(31-4)13-9-19)24(29)17-32-16-20-6-10-21(26)11-7-20/h6-13,18,23H,5,14-17H2,1-4H3,(H,27,30)/t23-/m0/s1. The van der Waals surface area contributed by atoms with E-state index in [9.17, 15) is 14.0 Å². The van der Waals surface area contributed by atoms with Crippen LogP contribution in [0.5, 0.6) is 5.75 Å². The Kier molecular flexibility index (Phi) is 10.5. The van der Waals surface area contributed by atoms with Crippen LogP contribution in [-0.4, -0.2) is 42.2 Å². The Bertz CT molecular complexity index is 856. The van der Waals surface area contributed by atoms with E-state index >= 15 is 0 Å². The molecule has 0 spiro atoms. The molecule has 0 fully saturated rings. The fourth-order valence-electron chi connectivity index (χ4n) is 3.19. The molecule has 0 aliphatic carbocycles. The molecule has 2 aromatic rings. The molecule has 7 heteroatoms. The van der Waals surface area contributed by atoms with Crippen molar-refractivity contribution in [3.8, 4) is 5.75 Å². The zero-order valence-electron chi connectivity index (χ0n) is 19.3. The number of carbonyl (C=O) groups is 2. The predicted octanol–water partition coefficient (Wildman–Crippen LogP) is 4.65. The maximum Gasteiger partial charge on any atom is 0.242 e. The number of halogens is 1. The average molecular weight is 461 g/mol. The third-order valence-corrected chi connectivity index (χ3v) is 5.98. The van der Waals surface area contributed by atoms with E-state index in [0.717, 1.165) is 16.9 Å². The first-order chi connectivity index (χ1) is 15.3. The van der Waals surface area contributed by atoms with Gasteiger partial charge < -0.3 is 15.0 Å². The number of thioether (sulfide) groups is 1. The Hall–Kier alpha value is -2.54. The molecule has 0 unspecified atom stereocenters. The van der Waals surface area contributed by atoms with Gasteiger partial charge in [0.2, 0.25) is 11.8 Å². The van der Waals surface area contributed by atoms with Gasteiger partial charge in [-0.1, -0.05) is 45.0 Å². The molecule has 5 nitrogen and oxygen atoms in total. The van der Waals surface area contributed by atoms with Crippen molar-refractivity contribution in [2.75, 3.05) is 19.4 Å². The number of ether oxygens (including phenoxy) is 1. The van der Waals surface area contributed by atoms with Crippen LogP contribution < -0.4 is 10.1 Å². The molecule has 0 saturated heterocycles. The van der Waals surface area contributed by atoms with Crippen LogP contribution in [0.4, 0.5) is 4.39 Å². The summed E-state index contributed by atoms with van der Waals surface area (Å²) >= 11 is 1.46. The van der Waals surface area contributed by atoms with Crippen LogP contribution in [-0.2, 0) is 21.9 Å². The van der Waals surface area contributed by atoms with Crippen molar-refractivity contribution >= 4 is 23.6 Å². The van der Waals surface area contributed by atoms with Crippen molar-refractivity contribution in [1.29, 1.82) is 0 Å². The van der Waals surface area contributed by atoms with Crippen molar-refractivity contribution in [1.82, 2.24) is 10.2 Å². The number of hydrogen-bond acceptors (Lipinski definition) is 4. The van der Waals surface area contributed by atoms with Crippen molar-refractivity contribution in [2.45, 2.75) is 45.5 Å². The second-order valence-electron chi connectivity index (χ2n) is 8.05. The van der Waals surface area contributed by atoms with Gasteiger partial charge in [-0.2, -0.15) is 0 Å². The Labute approximate surface area is 194 Å². The summed E-state index contributed by atoms with van der Waals surface area (Å²) < 4.78 is 18.3. The summed E-state index contributed by atoms with van der Waals surface area (Å²) in [5, 5.41) is 2.96. The van der Waals surface area contributed by atoms with E-state index in [4.69, 9.17) is 4.74 Å². The minimum Gasteiger partial charge on any atom is -0.497 e. The van der Waals surface area contributed by atoms with Crippen LogP contribution in [0.25, 0.3) is 0 Å². The summed E-state index contributed by atoms with van der Waals surface area (Å²) in [6, 6.07) is 13.2. The fraction of sp³-hybridized carbons (Fsp3) is 0.440. The van der Waals surface area contributed by atoms with Gasteiger partial charge in [0.05, 0.1) is 12.9 Å². The zero-order valence-corrected chi connectivity index (χ0v) is 20.1. The molecule has 2 rings (SSSR count). The summed E-state index contributed by atoms with van der Waals surface area (Å²) in [6.07, 6.45) is 0.522. The maximum atomic E-state index is 13.2. The maximum absolute atomic E-state index is 13.2. The third-order valence-electron chi connectivity index (χ3n) is 4.99. The second kappa shape index (κ2) is 13.1. The molecule has 1 N–H and O–H groups in total. The van der Waals surface area contributed by atoms with Crippen molar-refractivity contribution < 1.29 is 18.7 Å². The lowest BCUT2D eigenvalue weighted by Gasteiger charge is -2.31. The highest BCUT2D eigenvalue weighted by Crippen LogP contribution is 2.19. The molecule has 0 heterocycles. The average Bonchev–Trinajstić information content (AvgIpc) is 2.79. The fourth-order valence-corrected chi connectivity index (χ4v) is 4.06. The Morgan fingerprint density at radius 3 is 2.25 bits per heavy atom. The number of amides is 2. The normalized spacial score (nSPS) is 11.8. The Morgan fingerprint density at radius 2 is 1.69 bits per heavy atom. The minimum absolute atomic E-state index is 0.0977. The van der Waals surface area contributed by atoms with Gasteiger partial charge in [0, 0.05) is 18.8 Å².